The number of carbonyl (C=O) groups excluding carboxylic acids is 1. The van der Waals surface area contributed by atoms with Crippen molar-refractivity contribution < 1.29 is 14.3 Å². The predicted octanol–water partition coefficient (Wildman–Crippen LogP) is 2.45. The van der Waals surface area contributed by atoms with Gasteiger partial charge in [0, 0.05) is 33.3 Å². The first-order valence-electron chi connectivity index (χ1n) is 8.74. The van der Waals surface area contributed by atoms with Crippen LogP contribution in [-0.4, -0.2) is 68.5 Å². The second-order valence-electron chi connectivity index (χ2n) is 7.52. The molecule has 8 heteroatoms. The number of nitrogens with one attached hydrogen (secondary N) is 2. The fourth-order valence-corrected chi connectivity index (χ4v) is 2.43. The Morgan fingerprint density at radius 1 is 1.36 bits per heavy atom. The van der Waals surface area contributed by atoms with Crippen molar-refractivity contribution in [3.05, 3.63) is 0 Å². The molecule has 0 aliphatic carbocycles. The number of guanidine groups is 1. The van der Waals surface area contributed by atoms with Gasteiger partial charge in [-0.05, 0) is 33.1 Å². The first kappa shape index (κ1) is 24.2. The number of nitrogens with zero attached hydrogens (tertiary/aromatic N) is 2. The Kier molecular flexibility index (Phi) is 11.4. The largest absolute Gasteiger partial charge is 0.444 e. The van der Waals surface area contributed by atoms with Gasteiger partial charge in [0.2, 0.25) is 0 Å². The normalized spacial score (nSPS) is 18.1. The summed E-state index contributed by atoms with van der Waals surface area (Å²) in [5.41, 5.74) is -0.476. The zero-order valence-electron chi connectivity index (χ0n) is 16.4. The van der Waals surface area contributed by atoms with Gasteiger partial charge >= 0.3 is 6.09 Å². The van der Waals surface area contributed by atoms with E-state index in [0.29, 0.717) is 12.5 Å². The number of likely N-dealkylation sites (tertiary alicyclic amines) is 1. The molecule has 1 heterocycles. The highest BCUT2D eigenvalue weighted by atomic mass is 127. The maximum atomic E-state index is 11.8. The molecular formula is C17H35IN4O3. The Labute approximate surface area is 169 Å². The molecule has 1 atom stereocenters. The van der Waals surface area contributed by atoms with Crippen molar-refractivity contribution in [3.63, 3.8) is 0 Å². The molecule has 0 bridgehead atoms. The lowest BCUT2D eigenvalue weighted by molar-refractivity contribution is 0.0507. The van der Waals surface area contributed by atoms with Crippen LogP contribution in [0.1, 0.15) is 41.0 Å². The highest BCUT2D eigenvalue weighted by molar-refractivity contribution is 14.0. The van der Waals surface area contributed by atoms with Crippen molar-refractivity contribution >= 4 is 36.0 Å². The summed E-state index contributed by atoms with van der Waals surface area (Å²) in [6, 6.07) is 0.0793. The third kappa shape index (κ3) is 10.7. The van der Waals surface area contributed by atoms with Gasteiger partial charge in [0.1, 0.15) is 5.60 Å². The molecule has 0 aromatic carbocycles. The number of amides is 1. The van der Waals surface area contributed by atoms with Crippen LogP contribution in [0.25, 0.3) is 0 Å². The van der Waals surface area contributed by atoms with Crippen LogP contribution in [0.4, 0.5) is 4.79 Å². The lowest BCUT2D eigenvalue weighted by Crippen LogP contribution is -2.44. The minimum Gasteiger partial charge on any atom is -0.444 e. The number of alkyl carbamates (subject to hydrolysis) is 1. The monoisotopic (exact) mass is 470 g/mol. The molecule has 2 N–H and O–H groups in total. The van der Waals surface area contributed by atoms with Crippen LogP contribution >= 0.6 is 24.0 Å². The van der Waals surface area contributed by atoms with Crippen molar-refractivity contribution in [1.29, 1.82) is 0 Å². The van der Waals surface area contributed by atoms with E-state index >= 15 is 0 Å². The number of hydrogen-bond donors (Lipinski definition) is 2. The Bertz CT molecular complexity index is 425. The molecule has 148 valence electrons. The second-order valence-corrected chi connectivity index (χ2v) is 7.52. The van der Waals surface area contributed by atoms with Gasteiger partial charge in [-0.15, -0.1) is 24.0 Å². The average molecular weight is 470 g/mol. The molecule has 0 radical (unpaired) electrons. The first-order chi connectivity index (χ1) is 11.2. The van der Waals surface area contributed by atoms with Crippen LogP contribution in [-0.2, 0) is 9.47 Å². The minimum atomic E-state index is -0.476. The van der Waals surface area contributed by atoms with Crippen molar-refractivity contribution in [2.24, 2.45) is 10.9 Å². The molecular weight excluding hydrogens is 435 g/mol. The summed E-state index contributed by atoms with van der Waals surface area (Å²) < 4.78 is 10.9. The summed E-state index contributed by atoms with van der Waals surface area (Å²) in [5.74, 6) is 1.39. The van der Waals surface area contributed by atoms with Gasteiger partial charge in [-0.1, -0.05) is 13.8 Å². The number of ether oxygens (including phenoxy) is 2. The van der Waals surface area contributed by atoms with Crippen LogP contribution in [0.3, 0.4) is 0 Å². The molecule has 0 saturated carbocycles. The quantitative estimate of drug-likeness (QED) is 0.270. The summed E-state index contributed by atoms with van der Waals surface area (Å²) in [5, 5.41) is 6.23. The van der Waals surface area contributed by atoms with Crippen molar-refractivity contribution in [3.8, 4) is 0 Å². The maximum absolute atomic E-state index is 11.8. The Morgan fingerprint density at radius 3 is 2.60 bits per heavy atom. The van der Waals surface area contributed by atoms with E-state index in [4.69, 9.17) is 9.47 Å². The Balaban J connectivity index is 0.00000576. The standard InChI is InChI=1S/C17H34N4O3.HI/c1-13(2)12-23-10-8-19-15(18-6)21-9-7-14(11-21)20-16(22)24-17(3,4)5;/h13-14H,7-12H2,1-6H3,(H,18,19)(H,20,22);1H. The predicted molar refractivity (Wildman–Crippen MR) is 112 cm³/mol. The van der Waals surface area contributed by atoms with Crippen molar-refractivity contribution in [1.82, 2.24) is 15.5 Å². The van der Waals surface area contributed by atoms with Crippen molar-refractivity contribution in [2.75, 3.05) is 39.9 Å². The van der Waals surface area contributed by atoms with E-state index in [9.17, 15) is 4.79 Å². The minimum absolute atomic E-state index is 0. The lowest BCUT2D eigenvalue weighted by atomic mass is 10.2. The van der Waals surface area contributed by atoms with Crippen LogP contribution in [0.15, 0.2) is 4.99 Å². The summed E-state index contributed by atoms with van der Waals surface area (Å²) in [7, 11) is 1.77. The molecule has 1 aliphatic rings. The van der Waals surface area contributed by atoms with Gasteiger partial charge in [-0.3, -0.25) is 4.99 Å². The molecule has 0 aromatic heterocycles. The molecule has 1 saturated heterocycles. The summed E-state index contributed by atoms with van der Waals surface area (Å²) >= 11 is 0. The molecule has 7 nitrogen and oxygen atoms in total. The summed E-state index contributed by atoms with van der Waals surface area (Å²) in [4.78, 5) is 18.3. The highest BCUT2D eigenvalue weighted by Crippen LogP contribution is 2.11. The fraction of sp³-hybridized carbons (Fsp3) is 0.882. The van der Waals surface area contributed by atoms with E-state index in [-0.39, 0.29) is 36.1 Å². The summed E-state index contributed by atoms with van der Waals surface area (Å²) in [6.45, 7) is 13.6. The van der Waals surface area contributed by atoms with Gasteiger partial charge in [-0.2, -0.15) is 0 Å². The van der Waals surface area contributed by atoms with Crippen molar-refractivity contribution in [2.45, 2.75) is 52.7 Å². The van der Waals surface area contributed by atoms with E-state index in [1.807, 2.05) is 20.8 Å². The Hall–Kier alpha value is -0.770. The third-order valence-corrected chi connectivity index (χ3v) is 3.40. The number of hydrogen-bond acceptors (Lipinski definition) is 4. The topological polar surface area (TPSA) is 75.2 Å². The van der Waals surface area contributed by atoms with Gasteiger partial charge < -0.3 is 25.0 Å². The van der Waals surface area contributed by atoms with Crippen LogP contribution in [0, 0.1) is 5.92 Å². The third-order valence-electron chi connectivity index (χ3n) is 3.40. The van der Waals surface area contributed by atoms with Gasteiger partial charge in [0.05, 0.1) is 12.6 Å². The SMILES string of the molecule is CN=C(NCCOCC(C)C)N1CCC(NC(=O)OC(C)(C)C)C1.I. The molecule has 1 aliphatic heterocycles. The molecule has 1 unspecified atom stereocenters. The van der Waals surface area contributed by atoms with Gasteiger partial charge in [-0.25, -0.2) is 4.79 Å². The Morgan fingerprint density at radius 2 is 2.04 bits per heavy atom. The van der Waals surface area contributed by atoms with Gasteiger partial charge in [0.15, 0.2) is 5.96 Å². The zero-order valence-corrected chi connectivity index (χ0v) is 18.8. The first-order valence-corrected chi connectivity index (χ1v) is 8.74. The highest BCUT2D eigenvalue weighted by Gasteiger charge is 2.27. The van der Waals surface area contributed by atoms with E-state index < -0.39 is 5.60 Å². The van der Waals surface area contributed by atoms with E-state index in [0.717, 1.165) is 38.6 Å². The molecule has 1 fully saturated rings. The van der Waals surface area contributed by atoms with Gasteiger partial charge in [0.25, 0.3) is 0 Å². The van der Waals surface area contributed by atoms with Crippen LogP contribution < -0.4 is 10.6 Å². The average Bonchev–Trinajstić information content (AvgIpc) is 2.88. The number of rotatable bonds is 6. The number of halogens is 1. The second kappa shape index (κ2) is 11.8. The van der Waals surface area contributed by atoms with Crippen LogP contribution in [0.2, 0.25) is 0 Å². The lowest BCUT2D eigenvalue weighted by Gasteiger charge is -2.23. The fourth-order valence-electron chi connectivity index (χ4n) is 2.43. The molecule has 0 spiro atoms. The molecule has 25 heavy (non-hydrogen) atoms. The van der Waals surface area contributed by atoms with Crippen LogP contribution in [0.5, 0.6) is 0 Å². The number of aliphatic imine (C=N–C) groups is 1. The number of carbonyl (C=O) groups is 1. The van der Waals surface area contributed by atoms with E-state index in [1.165, 1.54) is 0 Å². The maximum Gasteiger partial charge on any atom is 0.407 e. The summed E-state index contributed by atoms with van der Waals surface area (Å²) in [6.07, 6.45) is 0.517. The zero-order chi connectivity index (χ0) is 18.2. The molecule has 1 rings (SSSR count). The molecule has 0 aromatic rings. The van der Waals surface area contributed by atoms with E-state index in [2.05, 4.69) is 34.4 Å². The molecule has 1 amide bonds. The van der Waals surface area contributed by atoms with E-state index in [1.54, 1.807) is 7.05 Å². The smallest absolute Gasteiger partial charge is 0.407 e.